The first-order chi connectivity index (χ1) is 7.36. The fourth-order valence-electron chi connectivity index (χ4n) is 2.73. The summed E-state index contributed by atoms with van der Waals surface area (Å²) >= 11 is 0. The Kier molecular flexibility index (Phi) is 2.13. The normalized spacial score (nSPS) is 32.5. The zero-order valence-corrected chi connectivity index (χ0v) is 9.03. The topological polar surface area (TPSA) is 37.0 Å². The lowest BCUT2D eigenvalue weighted by molar-refractivity contribution is 0.614. The first-order valence-electron chi connectivity index (χ1n) is 5.72. The van der Waals surface area contributed by atoms with E-state index in [9.17, 15) is 0 Å². The molecule has 1 aromatic rings. The molecule has 0 aromatic carbocycles. The van der Waals surface area contributed by atoms with Gasteiger partial charge in [-0.2, -0.15) is 0 Å². The van der Waals surface area contributed by atoms with E-state index in [1.165, 1.54) is 18.7 Å². The Labute approximate surface area is 90.3 Å². The van der Waals surface area contributed by atoms with Gasteiger partial charge in [0.25, 0.3) is 0 Å². The van der Waals surface area contributed by atoms with Gasteiger partial charge >= 0.3 is 0 Å². The van der Waals surface area contributed by atoms with E-state index in [2.05, 4.69) is 28.6 Å². The third-order valence-corrected chi connectivity index (χ3v) is 3.78. The molecule has 1 aliphatic heterocycles. The molecule has 2 heterocycles. The second-order valence-corrected chi connectivity index (χ2v) is 4.70. The number of nitrogens with zero attached hydrogens (tertiary/aromatic N) is 1. The van der Waals surface area contributed by atoms with Crippen LogP contribution in [0.4, 0.5) is 5.82 Å². The van der Waals surface area contributed by atoms with Crippen molar-refractivity contribution in [2.45, 2.75) is 6.92 Å². The summed E-state index contributed by atoms with van der Waals surface area (Å²) in [6, 6.07) is 4.08. The molecule has 3 nitrogen and oxygen atoms in total. The summed E-state index contributed by atoms with van der Waals surface area (Å²) in [4.78, 5) is 4.35. The molecule has 80 valence electrons. The number of fused-ring (bicyclic) bond motifs is 1. The summed E-state index contributed by atoms with van der Waals surface area (Å²) in [6.45, 7) is 5.63. The van der Waals surface area contributed by atoms with Crippen LogP contribution in [0.2, 0.25) is 0 Å². The van der Waals surface area contributed by atoms with Gasteiger partial charge in [-0.05, 0) is 49.4 Å². The van der Waals surface area contributed by atoms with Crippen molar-refractivity contribution < 1.29 is 0 Å². The Balaban J connectivity index is 1.57. The first-order valence-corrected chi connectivity index (χ1v) is 5.72. The fraction of sp³-hybridized carbons (Fsp3) is 0.583. The van der Waals surface area contributed by atoms with Crippen LogP contribution in [0.15, 0.2) is 18.3 Å². The van der Waals surface area contributed by atoms with E-state index in [4.69, 9.17) is 0 Å². The predicted molar refractivity (Wildman–Crippen MR) is 60.8 cm³/mol. The van der Waals surface area contributed by atoms with Crippen LogP contribution in [-0.2, 0) is 0 Å². The average molecular weight is 203 g/mol. The van der Waals surface area contributed by atoms with Gasteiger partial charge in [0, 0.05) is 12.7 Å². The van der Waals surface area contributed by atoms with Crippen LogP contribution >= 0.6 is 0 Å². The lowest BCUT2D eigenvalue weighted by Gasteiger charge is -2.09. The molecule has 1 saturated carbocycles. The van der Waals surface area contributed by atoms with Gasteiger partial charge < -0.3 is 10.6 Å². The maximum atomic E-state index is 4.35. The monoisotopic (exact) mass is 203 g/mol. The number of hydrogen-bond acceptors (Lipinski definition) is 3. The maximum Gasteiger partial charge on any atom is 0.128 e. The van der Waals surface area contributed by atoms with Gasteiger partial charge in [0.15, 0.2) is 0 Å². The molecule has 2 unspecified atom stereocenters. The van der Waals surface area contributed by atoms with E-state index < -0.39 is 0 Å². The van der Waals surface area contributed by atoms with Gasteiger partial charge in [0.2, 0.25) is 0 Å². The molecule has 1 aromatic heterocycles. The van der Waals surface area contributed by atoms with Gasteiger partial charge in [-0.1, -0.05) is 6.07 Å². The molecule has 0 amide bonds. The predicted octanol–water partition coefficient (Wildman–Crippen LogP) is 1.27. The van der Waals surface area contributed by atoms with Gasteiger partial charge in [0.1, 0.15) is 5.82 Å². The number of hydrogen-bond donors (Lipinski definition) is 2. The molecule has 15 heavy (non-hydrogen) atoms. The van der Waals surface area contributed by atoms with Crippen molar-refractivity contribution in [3.05, 3.63) is 23.9 Å². The number of nitrogens with one attached hydrogen (secondary N) is 2. The van der Waals surface area contributed by atoms with E-state index in [0.717, 1.165) is 30.1 Å². The fourth-order valence-corrected chi connectivity index (χ4v) is 2.73. The maximum absolute atomic E-state index is 4.35. The second-order valence-electron chi connectivity index (χ2n) is 4.70. The van der Waals surface area contributed by atoms with E-state index in [1.807, 2.05) is 12.3 Å². The summed E-state index contributed by atoms with van der Waals surface area (Å²) in [5, 5.41) is 6.88. The molecule has 0 radical (unpaired) electrons. The first kappa shape index (κ1) is 9.16. The van der Waals surface area contributed by atoms with E-state index in [1.54, 1.807) is 0 Å². The summed E-state index contributed by atoms with van der Waals surface area (Å²) in [6.07, 6.45) is 1.85. The highest BCUT2D eigenvalue weighted by atomic mass is 15.0. The van der Waals surface area contributed by atoms with Crippen molar-refractivity contribution in [3.63, 3.8) is 0 Å². The molecule has 3 heteroatoms. The summed E-state index contributed by atoms with van der Waals surface area (Å²) < 4.78 is 0. The lowest BCUT2D eigenvalue weighted by Crippen LogP contribution is -2.19. The number of pyridine rings is 1. The summed E-state index contributed by atoms with van der Waals surface area (Å²) in [5.74, 6) is 3.80. The zero-order chi connectivity index (χ0) is 10.3. The molecular formula is C12H17N3. The van der Waals surface area contributed by atoms with Crippen LogP contribution in [0, 0.1) is 24.7 Å². The Morgan fingerprint density at radius 2 is 2.27 bits per heavy atom. The lowest BCUT2D eigenvalue weighted by atomic mass is 10.2. The Hall–Kier alpha value is -1.09. The van der Waals surface area contributed by atoms with Crippen LogP contribution < -0.4 is 10.6 Å². The molecule has 1 saturated heterocycles. The minimum atomic E-state index is 0.882. The SMILES string of the molecule is Cc1cccnc1NCC1C2CNCC21. The smallest absolute Gasteiger partial charge is 0.128 e. The molecule has 0 bridgehead atoms. The molecule has 2 N–H and O–H groups in total. The van der Waals surface area contributed by atoms with Crippen LogP contribution in [0.3, 0.4) is 0 Å². The number of anilines is 1. The van der Waals surface area contributed by atoms with E-state index in [0.29, 0.717) is 0 Å². The molecule has 1 aliphatic carbocycles. The van der Waals surface area contributed by atoms with Crippen molar-refractivity contribution in [2.24, 2.45) is 17.8 Å². The highest BCUT2D eigenvalue weighted by molar-refractivity contribution is 5.42. The Morgan fingerprint density at radius 3 is 3.00 bits per heavy atom. The zero-order valence-electron chi connectivity index (χ0n) is 9.03. The quantitative estimate of drug-likeness (QED) is 0.776. The third-order valence-electron chi connectivity index (χ3n) is 3.78. The largest absolute Gasteiger partial charge is 0.370 e. The van der Waals surface area contributed by atoms with Crippen LogP contribution in [0.1, 0.15) is 5.56 Å². The van der Waals surface area contributed by atoms with Crippen molar-refractivity contribution in [2.75, 3.05) is 25.0 Å². The minimum Gasteiger partial charge on any atom is -0.370 e. The molecule has 2 fully saturated rings. The molecule has 0 spiro atoms. The van der Waals surface area contributed by atoms with Crippen molar-refractivity contribution in [1.82, 2.24) is 10.3 Å². The molecule has 2 atom stereocenters. The summed E-state index contributed by atoms with van der Waals surface area (Å²) in [7, 11) is 0. The highest BCUT2D eigenvalue weighted by Gasteiger charge is 2.52. The van der Waals surface area contributed by atoms with Crippen molar-refractivity contribution >= 4 is 5.82 Å². The van der Waals surface area contributed by atoms with Gasteiger partial charge in [0.05, 0.1) is 0 Å². The van der Waals surface area contributed by atoms with Crippen molar-refractivity contribution in [3.8, 4) is 0 Å². The number of aryl methyl sites for hydroxylation is 1. The van der Waals surface area contributed by atoms with Crippen molar-refractivity contribution in [1.29, 1.82) is 0 Å². The third kappa shape index (κ3) is 1.61. The molecule has 2 aliphatic rings. The highest BCUT2D eigenvalue weighted by Crippen LogP contribution is 2.48. The number of piperidine rings is 1. The van der Waals surface area contributed by atoms with Gasteiger partial charge in [-0.25, -0.2) is 4.98 Å². The number of aromatic nitrogens is 1. The number of rotatable bonds is 3. The van der Waals surface area contributed by atoms with Gasteiger partial charge in [-0.15, -0.1) is 0 Å². The standard InChI is InChI=1S/C12H17N3/c1-8-3-2-4-14-12(8)15-7-11-9-5-13-6-10(9)11/h2-4,9-11,13H,5-7H2,1H3,(H,14,15). The van der Waals surface area contributed by atoms with E-state index >= 15 is 0 Å². The minimum absolute atomic E-state index is 0.882. The van der Waals surface area contributed by atoms with Crippen LogP contribution in [0.25, 0.3) is 0 Å². The Bertz CT molecular complexity index is 354. The average Bonchev–Trinajstić information content (AvgIpc) is 2.71. The van der Waals surface area contributed by atoms with Crippen LogP contribution in [-0.4, -0.2) is 24.6 Å². The van der Waals surface area contributed by atoms with E-state index in [-0.39, 0.29) is 0 Å². The Morgan fingerprint density at radius 1 is 1.47 bits per heavy atom. The molecule has 3 rings (SSSR count). The summed E-state index contributed by atoms with van der Waals surface area (Å²) in [5.41, 5.74) is 1.24. The molecular weight excluding hydrogens is 186 g/mol. The second kappa shape index (κ2) is 3.49. The van der Waals surface area contributed by atoms with Crippen LogP contribution in [0.5, 0.6) is 0 Å². The van der Waals surface area contributed by atoms with Gasteiger partial charge in [-0.3, -0.25) is 0 Å².